The summed E-state index contributed by atoms with van der Waals surface area (Å²) in [5.41, 5.74) is 1.00. The minimum atomic E-state index is -3.92. The van der Waals surface area contributed by atoms with Gasteiger partial charge in [-0.3, -0.25) is 4.79 Å². The highest BCUT2D eigenvalue weighted by atomic mass is 35.5. The lowest BCUT2D eigenvalue weighted by Crippen LogP contribution is -2.48. The molecule has 1 aliphatic rings. The fourth-order valence-electron chi connectivity index (χ4n) is 4.30. The molecule has 0 fully saturated rings. The molecule has 0 saturated carbocycles. The largest absolute Gasteiger partial charge is 0.491 e. The molecule has 1 amide bonds. The molecule has 2 heterocycles. The second-order valence-electron chi connectivity index (χ2n) is 9.18. The van der Waals surface area contributed by atoms with Gasteiger partial charge >= 0.3 is 0 Å². The first kappa shape index (κ1) is 27.6. The van der Waals surface area contributed by atoms with Crippen LogP contribution in [0.3, 0.4) is 0 Å². The molecule has 2 atom stereocenters. The van der Waals surface area contributed by atoms with Crippen molar-refractivity contribution < 1.29 is 22.3 Å². The monoisotopic (exact) mass is 564 g/mol. The van der Waals surface area contributed by atoms with Gasteiger partial charge in [0.05, 0.1) is 17.5 Å². The fraction of sp³-hybridized carbons (Fsp3) is 0.370. The summed E-state index contributed by atoms with van der Waals surface area (Å²) in [4.78, 5) is 16.7. The van der Waals surface area contributed by atoms with E-state index in [4.69, 9.17) is 16.3 Å². The van der Waals surface area contributed by atoms with E-state index in [1.807, 2.05) is 25.3 Å². The topological polar surface area (TPSA) is 66.9 Å². The van der Waals surface area contributed by atoms with E-state index in [0.717, 1.165) is 12.0 Å². The Morgan fingerprint density at radius 3 is 2.57 bits per heavy atom. The molecule has 0 bridgehead atoms. The van der Waals surface area contributed by atoms with Crippen molar-refractivity contribution in [3.05, 3.63) is 81.3 Å². The van der Waals surface area contributed by atoms with E-state index in [-0.39, 0.29) is 48.3 Å². The number of nitrogens with zero attached hydrogens (tertiary/aromatic N) is 2. The molecule has 0 aliphatic carbocycles. The molecule has 198 valence electrons. The van der Waals surface area contributed by atoms with Crippen molar-refractivity contribution in [3.63, 3.8) is 0 Å². The third kappa shape index (κ3) is 6.52. The van der Waals surface area contributed by atoms with Gasteiger partial charge in [0.25, 0.3) is 0 Å². The second-order valence-corrected chi connectivity index (χ2v) is 12.6. The third-order valence-corrected chi connectivity index (χ3v) is 9.69. The molecule has 0 unspecified atom stereocenters. The zero-order valence-corrected chi connectivity index (χ0v) is 23.2. The van der Waals surface area contributed by atoms with Gasteiger partial charge in [-0.15, -0.1) is 11.3 Å². The minimum Gasteiger partial charge on any atom is -0.491 e. The van der Waals surface area contributed by atoms with Gasteiger partial charge in [-0.1, -0.05) is 31.9 Å². The molecule has 37 heavy (non-hydrogen) atoms. The maximum atomic E-state index is 13.7. The summed E-state index contributed by atoms with van der Waals surface area (Å²) in [6, 6.07) is 13.3. The zero-order valence-electron chi connectivity index (χ0n) is 20.8. The van der Waals surface area contributed by atoms with E-state index in [1.54, 1.807) is 28.4 Å². The number of ether oxygens (including phenoxy) is 1. The number of hydrogen-bond donors (Lipinski definition) is 0. The highest BCUT2D eigenvalue weighted by molar-refractivity contribution is 7.89. The number of rotatable bonds is 10. The molecule has 1 aromatic heterocycles. The molecule has 0 saturated heterocycles. The number of thiophene rings is 1. The maximum Gasteiger partial charge on any atom is 0.243 e. The summed E-state index contributed by atoms with van der Waals surface area (Å²) in [6.45, 7) is 4.54. The summed E-state index contributed by atoms with van der Waals surface area (Å²) >= 11 is 7.60. The van der Waals surface area contributed by atoms with Crippen LogP contribution in [0.2, 0.25) is 5.02 Å². The molecule has 0 N–H and O–H groups in total. The molecule has 10 heteroatoms. The predicted octanol–water partition coefficient (Wildman–Crippen LogP) is 5.78. The van der Waals surface area contributed by atoms with Crippen LogP contribution in [0.5, 0.6) is 5.75 Å². The van der Waals surface area contributed by atoms with Gasteiger partial charge in [0.1, 0.15) is 18.2 Å². The van der Waals surface area contributed by atoms with Crippen LogP contribution in [0.1, 0.15) is 36.8 Å². The molecule has 0 radical (unpaired) electrons. The van der Waals surface area contributed by atoms with Crippen LogP contribution in [-0.4, -0.2) is 49.8 Å². The van der Waals surface area contributed by atoms with E-state index in [2.05, 4.69) is 0 Å². The Kier molecular flexibility index (Phi) is 8.90. The highest BCUT2D eigenvalue weighted by Crippen LogP contribution is 2.34. The van der Waals surface area contributed by atoms with Crippen molar-refractivity contribution in [1.82, 2.24) is 9.21 Å². The van der Waals surface area contributed by atoms with Gasteiger partial charge in [-0.25, -0.2) is 12.8 Å². The van der Waals surface area contributed by atoms with Crippen molar-refractivity contribution in [2.75, 3.05) is 26.2 Å². The van der Waals surface area contributed by atoms with E-state index in [9.17, 15) is 17.6 Å². The van der Waals surface area contributed by atoms with Crippen LogP contribution in [0.4, 0.5) is 4.39 Å². The number of carbonyl (C=O) groups is 1. The normalized spacial score (nSPS) is 16.5. The lowest BCUT2D eigenvalue weighted by Gasteiger charge is -2.37. The standard InChI is InChI=1S/C27H30ClFN2O4S2/c1-3-19(2)16-30(37(33,34)23-10-4-20(28)5-11-23)17-27(32)31-14-12-26-24(13-15-36-26)25(31)18-35-22-8-6-21(29)7-9-22/h4-11,13,15,19,25H,3,12,14,16-18H2,1-2H3/t19-,25-/m1/s1. The van der Waals surface area contributed by atoms with E-state index >= 15 is 0 Å². The second kappa shape index (κ2) is 11.9. The zero-order chi connectivity index (χ0) is 26.6. The third-order valence-electron chi connectivity index (χ3n) is 6.61. The van der Waals surface area contributed by atoms with Crippen LogP contribution >= 0.6 is 22.9 Å². The Labute approximate surface area is 226 Å². The van der Waals surface area contributed by atoms with Gasteiger partial charge in [-0.05, 0) is 77.9 Å². The smallest absolute Gasteiger partial charge is 0.243 e. The van der Waals surface area contributed by atoms with Gasteiger partial charge in [0, 0.05) is 23.0 Å². The van der Waals surface area contributed by atoms with E-state index in [1.165, 1.54) is 45.6 Å². The van der Waals surface area contributed by atoms with Crippen LogP contribution in [0.15, 0.2) is 64.9 Å². The molecule has 6 nitrogen and oxygen atoms in total. The van der Waals surface area contributed by atoms with Gasteiger partial charge < -0.3 is 9.64 Å². The Morgan fingerprint density at radius 1 is 1.19 bits per heavy atom. The average Bonchev–Trinajstić information content (AvgIpc) is 3.37. The fourth-order valence-corrected chi connectivity index (χ4v) is 6.87. The molecule has 4 rings (SSSR count). The minimum absolute atomic E-state index is 0.0670. The first-order valence-electron chi connectivity index (χ1n) is 12.2. The summed E-state index contributed by atoms with van der Waals surface area (Å²) < 4.78 is 47.6. The van der Waals surface area contributed by atoms with Crippen LogP contribution in [-0.2, 0) is 21.2 Å². The molecular formula is C27H30ClFN2O4S2. The van der Waals surface area contributed by atoms with E-state index < -0.39 is 10.0 Å². The maximum absolute atomic E-state index is 13.7. The number of carbonyl (C=O) groups excluding carboxylic acids is 1. The van der Waals surface area contributed by atoms with Gasteiger partial charge in [0.2, 0.25) is 15.9 Å². The molecule has 2 aromatic carbocycles. The predicted molar refractivity (Wildman–Crippen MR) is 144 cm³/mol. The summed E-state index contributed by atoms with van der Waals surface area (Å²) in [5.74, 6) is -0.0761. The quantitative estimate of drug-likeness (QED) is 0.313. The molecule has 3 aromatic rings. The first-order chi connectivity index (χ1) is 17.7. The summed E-state index contributed by atoms with van der Waals surface area (Å²) in [7, 11) is -3.92. The van der Waals surface area contributed by atoms with Crippen LogP contribution in [0, 0.1) is 11.7 Å². The Balaban J connectivity index is 1.58. The summed E-state index contributed by atoms with van der Waals surface area (Å²) in [6.07, 6.45) is 1.47. The molecular weight excluding hydrogens is 535 g/mol. The SMILES string of the molecule is CC[C@@H](C)CN(CC(=O)N1CCc2sccc2[C@H]1COc1ccc(F)cc1)S(=O)(=O)c1ccc(Cl)cc1. The van der Waals surface area contributed by atoms with Crippen molar-refractivity contribution in [1.29, 1.82) is 0 Å². The number of sulfonamides is 1. The molecule has 1 aliphatic heterocycles. The van der Waals surface area contributed by atoms with Crippen molar-refractivity contribution >= 4 is 38.9 Å². The number of halogens is 2. The number of benzene rings is 2. The lowest BCUT2D eigenvalue weighted by molar-refractivity contribution is -0.135. The summed E-state index contributed by atoms with van der Waals surface area (Å²) in [5, 5.41) is 2.43. The number of hydrogen-bond acceptors (Lipinski definition) is 5. The van der Waals surface area contributed by atoms with Gasteiger partial charge in [-0.2, -0.15) is 4.31 Å². The lowest BCUT2D eigenvalue weighted by atomic mass is 10.0. The molecule has 0 spiro atoms. The Morgan fingerprint density at radius 2 is 1.89 bits per heavy atom. The Bertz CT molecular complexity index is 1310. The van der Waals surface area contributed by atoms with Crippen molar-refractivity contribution in [2.24, 2.45) is 5.92 Å². The van der Waals surface area contributed by atoms with Crippen LogP contribution < -0.4 is 4.74 Å². The number of amides is 1. The highest BCUT2D eigenvalue weighted by Gasteiger charge is 2.35. The van der Waals surface area contributed by atoms with Crippen molar-refractivity contribution in [3.8, 4) is 5.75 Å². The van der Waals surface area contributed by atoms with Crippen molar-refractivity contribution in [2.45, 2.75) is 37.6 Å². The van der Waals surface area contributed by atoms with E-state index in [0.29, 0.717) is 23.7 Å². The average molecular weight is 565 g/mol. The Hall–Kier alpha value is -2.46. The van der Waals surface area contributed by atoms with Crippen LogP contribution in [0.25, 0.3) is 0 Å². The van der Waals surface area contributed by atoms with Gasteiger partial charge in [0.15, 0.2) is 0 Å². The first-order valence-corrected chi connectivity index (χ1v) is 14.9. The number of fused-ring (bicyclic) bond motifs is 1.